The van der Waals surface area contributed by atoms with Gasteiger partial charge in [-0.1, -0.05) is 22.0 Å². The largest absolute Gasteiger partial charge is 0.211 e. The molecule has 0 unspecified atom stereocenters. The maximum Gasteiger partial charge on any atom is 0.106 e. The van der Waals surface area contributed by atoms with E-state index in [1.807, 2.05) is 0 Å². The Bertz CT molecular complexity index is 58.6. The van der Waals surface area contributed by atoms with Crippen LogP contribution in [0.1, 0.15) is 6.92 Å². The smallest absolute Gasteiger partial charge is 0.106 e. The average Bonchev–Trinajstić information content (AvgIpc) is 1.65. The van der Waals surface area contributed by atoms with Gasteiger partial charge in [0.2, 0.25) is 0 Å². The maximum absolute atomic E-state index is 11.7. The molecular formula is C4H6BrF. The third-order valence-electron chi connectivity index (χ3n) is 0.441. The van der Waals surface area contributed by atoms with Crippen LogP contribution < -0.4 is 0 Å². The van der Waals surface area contributed by atoms with Crippen molar-refractivity contribution in [3.05, 3.63) is 11.9 Å². The monoisotopic (exact) mass is 152 g/mol. The molecule has 0 aromatic carbocycles. The van der Waals surface area contributed by atoms with Crippen molar-refractivity contribution in [3.63, 3.8) is 0 Å². The number of rotatable bonds is 1. The summed E-state index contributed by atoms with van der Waals surface area (Å²) >= 11 is 2.93. The first-order valence-corrected chi connectivity index (χ1v) is 2.80. The molecular weight excluding hydrogens is 147 g/mol. The highest BCUT2D eigenvalue weighted by Gasteiger charge is 1.81. The molecule has 0 fully saturated rings. The van der Waals surface area contributed by atoms with Crippen molar-refractivity contribution in [2.24, 2.45) is 0 Å². The molecule has 0 radical (unpaired) electrons. The zero-order valence-corrected chi connectivity index (χ0v) is 5.13. The standard InChI is InChI=1S/C4H6BrF/c1-2-4(6)3-5/h2H,3H2,1H3/b4-2+. The lowest BCUT2D eigenvalue weighted by Crippen LogP contribution is -1.66. The molecule has 0 bridgehead atoms. The Morgan fingerprint density at radius 3 is 2.50 bits per heavy atom. The van der Waals surface area contributed by atoms with E-state index >= 15 is 0 Å². The second kappa shape index (κ2) is 3.34. The Balaban J connectivity index is 3.22. The number of halogens is 2. The average molecular weight is 153 g/mol. The van der Waals surface area contributed by atoms with E-state index in [1.165, 1.54) is 6.08 Å². The van der Waals surface area contributed by atoms with Crippen molar-refractivity contribution < 1.29 is 4.39 Å². The first kappa shape index (κ1) is 6.15. The van der Waals surface area contributed by atoms with Gasteiger partial charge in [-0.2, -0.15) is 0 Å². The SMILES string of the molecule is C/C=C(/F)CBr. The van der Waals surface area contributed by atoms with Gasteiger partial charge < -0.3 is 0 Å². The van der Waals surface area contributed by atoms with Crippen LogP contribution in [-0.2, 0) is 0 Å². The molecule has 0 N–H and O–H groups in total. The van der Waals surface area contributed by atoms with Crippen LogP contribution in [0.15, 0.2) is 11.9 Å². The van der Waals surface area contributed by atoms with E-state index in [4.69, 9.17) is 0 Å². The van der Waals surface area contributed by atoms with Crippen molar-refractivity contribution in [1.29, 1.82) is 0 Å². The molecule has 36 valence electrons. The van der Waals surface area contributed by atoms with Crippen LogP contribution in [0, 0.1) is 0 Å². The molecule has 0 atom stereocenters. The van der Waals surface area contributed by atoms with Gasteiger partial charge in [0.25, 0.3) is 0 Å². The normalized spacial score (nSPS) is 12.2. The van der Waals surface area contributed by atoms with Crippen LogP contribution >= 0.6 is 15.9 Å². The van der Waals surface area contributed by atoms with Crippen LogP contribution in [0.3, 0.4) is 0 Å². The summed E-state index contributed by atoms with van der Waals surface area (Å²) in [6.45, 7) is 1.66. The Labute approximate surface area is 45.2 Å². The van der Waals surface area contributed by atoms with Crippen molar-refractivity contribution in [2.75, 3.05) is 5.33 Å². The summed E-state index contributed by atoms with van der Waals surface area (Å²) in [6.07, 6.45) is 1.43. The van der Waals surface area contributed by atoms with Crippen LogP contribution in [-0.4, -0.2) is 5.33 Å². The van der Waals surface area contributed by atoms with Gasteiger partial charge >= 0.3 is 0 Å². The van der Waals surface area contributed by atoms with Crippen molar-refractivity contribution in [2.45, 2.75) is 6.92 Å². The molecule has 0 aliphatic rings. The van der Waals surface area contributed by atoms with Gasteiger partial charge in [-0.05, 0) is 6.92 Å². The highest BCUT2D eigenvalue weighted by Crippen LogP contribution is 1.97. The van der Waals surface area contributed by atoms with E-state index in [-0.39, 0.29) is 5.83 Å². The van der Waals surface area contributed by atoms with Crippen molar-refractivity contribution in [1.82, 2.24) is 0 Å². The van der Waals surface area contributed by atoms with Crippen molar-refractivity contribution >= 4 is 15.9 Å². The predicted molar refractivity (Wildman–Crippen MR) is 28.7 cm³/mol. The maximum atomic E-state index is 11.7. The Morgan fingerprint density at radius 2 is 2.50 bits per heavy atom. The topological polar surface area (TPSA) is 0 Å². The molecule has 0 aromatic rings. The molecule has 0 aliphatic carbocycles. The first-order valence-electron chi connectivity index (χ1n) is 1.68. The number of hydrogen-bond donors (Lipinski definition) is 0. The van der Waals surface area contributed by atoms with Gasteiger partial charge in [-0.25, -0.2) is 4.39 Å². The summed E-state index contributed by atoms with van der Waals surface area (Å²) in [5.41, 5.74) is 0. The minimum atomic E-state index is -0.116. The van der Waals surface area contributed by atoms with Gasteiger partial charge in [-0.3, -0.25) is 0 Å². The van der Waals surface area contributed by atoms with E-state index in [0.29, 0.717) is 5.33 Å². The zero-order valence-electron chi connectivity index (χ0n) is 3.54. The summed E-state index contributed by atoms with van der Waals surface area (Å²) in [6, 6.07) is 0. The lowest BCUT2D eigenvalue weighted by atomic mass is 10.6. The van der Waals surface area contributed by atoms with Crippen LogP contribution in [0.2, 0.25) is 0 Å². The lowest BCUT2D eigenvalue weighted by molar-refractivity contribution is 0.644. The Hall–Kier alpha value is 0.150. The fraction of sp³-hybridized carbons (Fsp3) is 0.500. The molecule has 6 heavy (non-hydrogen) atoms. The van der Waals surface area contributed by atoms with E-state index < -0.39 is 0 Å². The molecule has 0 rings (SSSR count). The molecule has 0 heterocycles. The predicted octanol–water partition coefficient (Wildman–Crippen LogP) is 2.25. The third kappa shape index (κ3) is 2.39. The second-order valence-corrected chi connectivity index (χ2v) is 1.43. The van der Waals surface area contributed by atoms with Gasteiger partial charge in [0, 0.05) is 0 Å². The number of alkyl halides is 1. The minimum Gasteiger partial charge on any atom is -0.211 e. The molecule has 0 saturated heterocycles. The summed E-state index contributed by atoms with van der Waals surface area (Å²) in [7, 11) is 0. The summed E-state index contributed by atoms with van der Waals surface area (Å²) in [5, 5.41) is 0.337. The minimum absolute atomic E-state index is 0.116. The highest BCUT2D eigenvalue weighted by molar-refractivity contribution is 9.09. The van der Waals surface area contributed by atoms with Gasteiger partial charge in [-0.15, -0.1) is 0 Å². The molecule has 0 spiro atoms. The molecule has 0 nitrogen and oxygen atoms in total. The van der Waals surface area contributed by atoms with E-state index in [2.05, 4.69) is 15.9 Å². The number of hydrogen-bond acceptors (Lipinski definition) is 0. The zero-order chi connectivity index (χ0) is 4.99. The Kier molecular flexibility index (Phi) is 3.43. The molecule has 0 amide bonds. The fourth-order valence-electron chi connectivity index (χ4n) is 0.0772. The summed E-state index contributed by atoms with van der Waals surface area (Å²) < 4.78 is 11.7. The van der Waals surface area contributed by atoms with Crippen LogP contribution in [0.4, 0.5) is 4.39 Å². The van der Waals surface area contributed by atoms with Gasteiger partial charge in [0.05, 0.1) is 5.33 Å². The second-order valence-electron chi connectivity index (χ2n) is 0.869. The van der Waals surface area contributed by atoms with E-state index in [9.17, 15) is 4.39 Å². The summed E-state index contributed by atoms with van der Waals surface area (Å²) in [5.74, 6) is -0.116. The molecule has 2 heteroatoms. The van der Waals surface area contributed by atoms with Crippen LogP contribution in [0.5, 0.6) is 0 Å². The fourth-order valence-corrected chi connectivity index (χ4v) is 0.401. The Morgan fingerprint density at radius 1 is 2.00 bits per heavy atom. The summed E-state index contributed by atoms with van der Waals surface area (Å²) in [4.78, 5) is 0. The molecule has 0 saturated carbocycles. The first-order chi connectivity index (χ1) is 2.81. The van der Waals surface area contributed by atoms with E-state index in [1.54, 1.807) is 6.92 Å². The van der Waals surface area contributed by atoms with Crippen molar-refractivity contribution in [3.8, 4) is 0 Å². The van der Waals surface area contributed by atoms with Gasteiger partial charge in [0.1, 0.15) is 5.83 Å². The molecule has 0 aromatic heterocycles. The third-order valence-corrected chi connectivity index (χ3v) is 0.977. The lowest BCUT2D eigenvalue weighted by Gasteiger charge is -1.78. The van der Waals surface area contributed by atoms with E-state index in [0.717, 1.165) is 0 Å². The van der Waals surface area contributed by atoms with Gasteiger partial charge in [0.15, 0.2) is 0 Å². The number of allylic oxidation sites excluding steroid dienone is 2. The highest BCUT2D eigenvalue weighted by atomic mass is 79.9. The van der Waals surface area contributed by atoms with Crippen LogP contribution in [0.25, 0.3) is 0 Å². The quantitative estimate of drug-likeness (QED) is 0.506. The molecule has 0 aliphatic heterocycles.